The van der Waals surface area contributed by atoms with Gasteiger partial charge in [-0.2, -0.15) is 5.10 Å². The number of rotatable bonds is 6. The summed E-state index contributed by atoms with van der Waals surface area (Å²) < 4.78 is 37.1. The second-order valence-electron chi connectivity index (χ2n) is 8.58. The van der Waals surface area contributed by atoms with Gasteiger partial charge in [-0.3, -0.25) is 9.47 Å². The molecule has 3 aromatic rings. The van der Waals surface area contributed by atoms with Crippen LogP contribution in [-0.4, -0.2) is 58.1 Å². The summed E-state index contributed by atoms with van der Waals surface area (Å²) in [5.74, 6) is 0.240. The summed E-state index contributed by atoms with van der Waals surface area (Å²) >= 11 is 5.81. The fourth-order valence-corrected chi connectivity index (χ4v) is 4.75. The van der Waals surface area contributed by atoms with Gasteiger partial charge in [-0.15, -0.1) is 0 Å². The molecular formula is C24H27F2N5OS. The van der Waals surface area contributed by atoms with E-state index in [0.29, 0.717) is 18.0 Å². The topological polar surface area (TPSA) is 38.5 Å². The summed E-state index contributed by atoms with van der Waals surface area (Å²) in [5.41, 5.74) is 1.87. The minimum Gasteiger partial charge on any atom is -0.376 e. The highest BCUT2D eigenvalue weighted by atomic mass is 32.1. The molecule has 0 N–H and O–H groups in total. The maximum Gasteiger partial charge on any atom is 0.199 e. The summed E-state index contributed by atoms with van der Waals surface area (Å²) in [7, 11) is 0. The third kappa shape index (κ3) is 5.00. The first-order chi connectivity index (χ1) is 16.1. The first-order valence-corrected chi connectivity index (χ1v) is 11.8. The van der Waals surface area contributed by atoms with Crippen LogP contribution in [0.15, 0.2) is 48.5 Å². The Morgan fingerprint density at radius 2 is 1.61 bits per heavy atom. The van der Waals surface area contributed by atoms with Crippen LogP contribution in [0.4, 0.5) is 14.5 Å². The molecule has 0 bridgehead atoms. The minimum absolute atomic E-state index is 0.118. The number of ether oxygens (including phenoxy) is 1. The lowest BCUT2D eigenvalue weighted by atomic mass is 10.2. The van der Waals surface area contributed by atoms with E-state index in [1.54, 1.807) is 12.1 Å². The number of piperazine rings is 1. The number of benzene rings is 2. The first-order valence-electron chi connectivity index (χ1n) is 11.3. The third-order valence-electron chi connectivity index (χ3n) is 6.33. The number of aromatic nitrogens is 3. The normalized spacial score (nSPS) is 19.3. The summed E-state index contributed by atoms with van der Waals surface area (Å²) in [5, 5.41) is 4.83. The maximum atomic E-state index is 13.5. The molecule has 2 aliphatic heterocycles. The molecule has 1 aromatic heterocycles. The van der Waals surface area contributed by atoms with Crippen molar-refractivity contribution in [1.82, 2.24) is 19.2 Å². The SMILES string of the molecule is Fc1ccc(-c2nn(CN3CCN(c4ccc(F)cc4)CC3)c(=S)n2CC2CCCO2)cc1. The Kier molecular flexibility index (Phi) is 6.52. The predicted molar refractivity (Wildman–Crippen MR) is 126 cm³/mol. The van der Waals surface area contributed by atoms with Crippen LogP contribution in [0.1, 0.15) is 12.8 Å². The van der Waals surface area contributed by atoms with Gasteiger partial charge in [0.05, 0.1) is 19.3 Å². The average molecular weight is 472 g/mol. The van der Waals surface area contributed by atoms with Gasteiger partial charge >= 0.3 is 0 Å². The predicted octanol–water partition coefficient (Wildman–Crippen LogP) is 4.32. The molecule has 174 valence electrons. The van der Waals surface area contributed by atoms with Crippen LogP contribution in [0.25, 0.3) is 11.4 Å². The molecule has 2 aliphatic rings. The van der Waals surface area contributed by atoms with E-state index in [1.165, 1.54) is 24.3 Å². The van der Waals surface area contributed by atoms with Gasteiger partial charge < -0.3 is 9.64 Å². The quantitative estimate of drug-likeness (QED) is 0.501. The summed E-state index contributed by atoms with van der Waals surface area (Å²) in [4.78, 5) is 4.57. The van der Waals surface area contributed by atoms with Gasteiger partial charge in [-0.25, -0.2) is 13.5 Å². The summed E-state index contributed by atoms with van der Waals surface area (Å²) in [6, 6.07) is 13.0. The van der Waals surface area contributed by atoms with Gasteiger partial charge in [-0.05, 0) is 73.6 Å². The molecule has 2 aromatic carbocycles. The van der Waals surface area contributed by atoms with Crippen molar-refractivity contribution in [2.45, 2.75) is 32.2 Å². The van der Waals surface area contributed by atoms with Gasteiger partial charge in [0.25, 0.3) is 0 Å². The molecule has 9 heteroatoms. The van der Waals surface area contributed by atoms with E-state index >= 15 is 0 Å². The maximum absolute atomic E-state index is 13.5. The second kappa shape index (κ2) is 9.70. The van der Waals surface area contributed by atoms with E-state index in [0.717, 1.165) is 62.7 Å². The van der Waals surface area contributed by atoms with Crippen LogP contribution in [0.5, 0.6) is 0 Å². The zero-order chi connectivity index (χ0) is 22.8. The van der Waals surface area contributed by atoms with E-state index in [4.69, 9.17) is 22.1 Å². The van der Waals surface area contributed by atoms with Crippen LogP contribution in [0, 0.1) is 16.4 Å². The van der Waals surface area contributed by atoms with Crippen molar-refractivity contribution < 1.29 is 13.5 Å². The van der Waals surface area contributed by atoms with E-state index in [-0.39, 0.29) is 17.7 Å². The van der Waals surface area contributed by atoms with Gasteiger partial charge in [0, 0.05) is 44.0 Å². The zero-order valence-electron chi connectivity index (χ0n) is 18.4. The van der Waals surface area contributed by atoms with Crippen molar-refractivity contribution in [3.8, 4) is 11.4 Å². The van der Waals surface area contributed by atoms with Crippen molar-refractivity contribution in [3.63, 3.8) is 0 Å². The van der Waals surface area contributed by atoms with E-state index in [1.807, 2.05) is 21.4 Å². The average Bonchev–Trinajstić information content (AvgIpc) is 3.45. The second-order valence-corrected chi connectivity index (χ2v) is 8.95. The number of hydrogen-bond acceptors (Lipinski definition) is 5. The molecule has 5 rings (SSSR count). The molecule has 33 heavy (non-hydrogen) atoms. The summed E-state index contributed by atoms with van der Waals surface area (Å²) in [6.07, 6.45) is 2.17. The Labute approximate surface area is 197 Å². The van der Waals surface area contributed by atoms with Crippen LogP contribution in [-0.2, 0) is 18.0 Å². The Bertz CT molecular complexity index is 1130. The Morgan fingerprint density at radius 1 is 0.939 bits per heavy atom. The molecule has 0 spiro atoms. The number of halogens is 2. The van der Waals surface area contributed by atoms with Gasteiger partial charge in [0.15, 0.2) is 10.6 Å². The molecule has 0 radical (unpaired) electrons. The largest absolute Gasteiger partial charge is 0.376 e. The van der Waals surface area contributed by atoms with E-state index < -0.39 is 0 Å². The molecule has 1 atom stereocenters. The monoisotopic (exact) mass is 471 g/mol. The summed E-state index contributed by atoms with van der Waals surface area (Å²) in [6.45, 7) is 5.40. The molecular weight excluding hydrogens is 444 g/mol. The van der Waals surface area contributed by atoms with Crippen LogP contribution in [0.2, 0.25) is 0 Å². The highest BCUT2D eigenvalue weighted by Gasteiger charge is 2.23. The number of anilines is 1. The lowest BCUT2D eigenvalue weighted by Crippen LogP contribution is -2.47. The highest BCUT2D eigenvalue weighted by molar-refractivity contribution is 7.71. The van der Waals surface area contributed by atoms with Gasteiger partial charge in [0.1, 0.15) is 11.6 Å². The van der Waals surface area contributed by atoms with Crippen LogP contribution in [0.3, 0.4) is 0 Å². The molecule has 1 unspecified atom stereocenters. The van der Waals surface area contributed by atoms with Crippen molar-refractivity contribution >= 4 is 17.9 Å². The van der Waals surface area contributed by atoms with Crippen LogP contribution < -0.4 is 4.90 Å². The van der Waals surface area contributed by atoms with Crippen molar-refractivity contribution in [2.75, 3.05) is 37.7 Å². The van der Waals surface area contributed by atoms with Gasteiger partial charge in [0.2, 0.25) is 0 Å². The van der Waals surface area contributed by atoms with Gasteiger partial charge in [-0.1, -0.05) is 0 Å². The molecule has 0 saturated carbocycles. The van der Waals surface area contributed by atoms with E-state index in [2.05, 4.69) is 9.80 Å². The highest BCUT2D eigenvalue weighted by Crippen LogP contribution is 2.23. The van der Waals surface area contributed by atoms with Crippen molar-refractivity contribution in [1.29, 1.82) is 0 Å². The third-order valence-corrected chi connectivity index (χ3v) is 6.76. The minimum atomic E-state index is -0.276. The fraction of sp³-hybridized carbons (Fsp3) is 0.417. The molecule has 3 heterocycles. The lowest BCUT2D eigenvalue weighted by Gasteiger charge is -2.35. The first kappa shape index (κ1) is 22.2. The molecule has 0 aliphatic carbocycles. The fourth-order valence-electron chi connectivity index (χ4n) is 4.49. The molecule has 0 amide bonds. The smallest absolute Gasteiger partial charge is 0.199 e. The molecule has 2 saturated heterocycles. The molecule has 6 nitrogen and oxygen atoms in total. The van der Waals surface area contributed by atoms with Crippen LogP contribution >= 0.6 is 12.2 Å². The zero-order valence-corrected chi connectivity index (χ0v) is 19.2. The Balaban J connectivity index is 1.33. The van der Waals surface area contributed by atoms with Crippen molar-refractivity contribution in [2.24, 2.45) is 0 Å². The van der Waals surface area contributed by atoms with E-state index in [9.17, 15) is 8.78 Å². The van der Waals surface area contributed by atoms with Crippen molar-refractivity contribution in [3.05, 3.63) is 64.9 Å². The number of nitrogens with zero attached hydrogens (tertiary/aromatic N) is 5. The molecule has 2 fully saturated rings. The number of hydrogen-bond donors (Lipinski definition) is 0. The standard InChI is InChI=1S/C24H27F2N5OS/c25-19-5-3-18(4-6-19)23-27-31(24(33)30(23)16-22-2-1-15-32-22)17-28-11-13-29(14-12-28)21-9-7-20(26)8-10-21/h3-10,22H,1-2,11-17H2. The Hall–Kier alpha value is -2.62. The lowest BCUT2D eigenvalue weighted by molar-refractivity contribution is 0.0966. The Morgan fingerprint density at radius 3 is 2.24 bits per heavy atom.